The first kappa shape index (κ1) is 23.5. The monoisotopic (exact) mass is 505 g/mol. The van der Waals surface area contributed by atoms with Crippen molar-refractivity contribution >= 4 is 28.5 Å². The van der Waals surface area contributed by atoms with Crippen LogP contribution in [-0.2, 0) is 0 Å². The number of aromatic nitrogens is 4. The third-order valence-electron chi connectivity index (χ3n) is 7.25. The van der Waals surface area contributed by atoms with Crippen molar-refractivity contribution in [2.24, 2.45) is 0 Å². The molecule has 1 aliphatic carbocycles. The van der Waals surface area contributed by atoms with Crippen molar-refractivity contribution < 1.29 is 19.1 Å². The zero-order valence-corrected chi connectivity index (χ0v) is 21.2. The summed E-state index contributed by atoms with van der Waals surface area (Å²) in [6.45, 7) is 10.6. The lowest BCUT2D eigenvalue weighted by molar-refractivity contribution is 0.0782. The Morgan fingerprint density at radius 1 is 1.14 bits per heavy atom. The maximum absolute atomic E-state index is 10.8. The smallest absolute Gasteiger partial charge is 0.404 e. The van der Waals surface area contributed by atoms with E-state index in [1.807, 2.05) is 18.2 Å². The van der Waals surface area contributed by atoms with Gasteiger partial charge in [-0.2, -0.15) is 0 Å². The van der Waals surface area contributed by atoms with E-state index in [1.54, 1.807) is 23.0 Å². The number of ether oxygens (including phenoxy) is 1. The largest absolute Gasteiger partial charge is 0.473 e. The number of nitrogens with zero attached hydrogens (tertiary/aromatic N) is 6. The van der Waals surface area contributed by atoms with E-state index in [0.29, 0.717) is 30.1 Å². The normalized spacial score (nSPS) is 20.8. The van der Waals surface area contributed by atoms with Gasteiger partial charge < -0.3 is 24.5 Å². The highest BCUT2D eigenvalue weighted by Gasteiger charge is 2.32. The van der Waals surface area contributed by atoms with Crippen molar-refractivity contribution in [2.75, 3.05) is 31.1 Å². The van der Waals surface area contributed by atoms with Crippen LogP contribution >= 0.6 is 0 Å². The van der Waals surface area contributed by atoms with Crippen molar-refractivity contribution in [1.29, 1.82) is 0 Å². The number of carboxylic acid groups (broad SMARTS) is 1. The highest BCUT2D eigenvalue weighted by molar-refractivity contribution is 5.92. The predicted octanol–water partition coefficient (Wildman–Crippen LogP) is 3.64. The number of carbonyl (C=O) groups is 1. The molecule has 1 saturated heterocycles. The third-order valence-corrected chi connectivity index (χ3v) is 7.25. The molecule has 0 unspecified atom stereocenters. The Morgan fingerprint density at radius 2 is 1.92 bits per heavy atom. The van der Waals surface area contributed by atoms with Crippen LogP contribution in [0.5, 0.6) is 5.88 Å². The zero-order chi connectivity index (χ0) is 25.7. The van der Waals surface area contributed by atoms with Crippen molar-refractivity contribution in [3.63, 3.8) is 0 Å². The second-order valence-corrected chi connectivity index (χ2v) is 10.7. The topological polar surface area (TPSA) is 121 Å². The Bertz CT molecular complexity index is 1440. The Balaban J connectivity index is 1.24. The van der Waals surface area contributed by atoms with Crippen LogP contribution in [0.15, 0.2) is 41.1 Å². The van der Waals surface area contributed by atoms with Gasteiger partial charge in [0.25, 0.3) is 0 Å². The average molecular weight is 506 g/mol. The summed E-state index contributed by atoms with van der Waals surface area (Å²) in [5, 5.41) is 16.9. The van der Waals surface area contributed by atoms with E-state index in [9.17, 15) is 4.79 Å². The molecule has 0 atom stereocenters. The first-order valence-corrected chi connectivity index (χ1v) is 12.6. The number of amides is 1. The Labute approximate surface area is 214 Å². The van der Waals surface area contributed by atoms with Gasteiger partial charge in [-0.3, -0.25) is 4.90 Å². The molecule has 6 rings (SSSR count). The van der Waals surface area contributed by atoms with Crippen molar-refractivity contribution in [3.05, 3.63) is 36.7 Å². The van der Waals surface area contributed by atoms with Gasteiger partial charge in [0.05, 0.1) is 11.6 Å². The van der Waals surface area contributed by atoms with Crippen LogP contribution in [0.4, 0.5) is 10.6 Å². The fourth-order valence-electron chi connectivity index (χ4n) is 5.13. The fraction of sp³-hybridized carbons (Fsp3) is 0.462. The predicted molar refractivity (Wildman–Crippen MR) is 138 cm³/mol. The summed E-state index contributed by atoms with van der Waals surface area (Å²) >= 11 is 0. The minimum absolute atomic E-state index is 0.0765. The number of hydrogen-bond acceptors (Lipinski definition) is 8. The Kier molecular flexibility index (Phi) is 5.67. The second kappa shape index (κ2) is 8.91. The van der Waals surface area contributed by atoms with Gasteiger partial charge in [-0.05, 0) is 39.0 Å². The number of nitrogens with one attached hydrogen (secondary N) is 1. The average Bonchev–Trinajstić information content (AvgIpc) is 3.45. The SMILES string of the molecule is CC(C)(C)N1CCN(c2nccc3oc(-c4cnc5ccc(O[C@H]6C[C@H](NC(=O)O)C6)nn45)cc23)CC1. The standard InChI is InChI=1S/C26H31N7O4/c1-26(2,3)32-10-8-31(9-11-32)24-18-14-21(37-20(18)6-7-27-24)19-15-28-22-4-5-23(30-33(19)22)36-17-12-16(13-17)29-25(34)35/h4-7,14-17,29H,8-13H2,1-3H3,(H,34,35)/t16-,17-. The molecule has 2 fully saturated rings. The summed E-state index contributed by atoms with van der Waals surface area (Å²) in [5.74, 6) is 2.05. The quantitative estimate of drug-likeness (QED) is 0.419. The molecule has 11 heteroatoms. The zero-order valence-electron chi connectivity index (χ0n) is 21.2. The molecule has 4 aromatic heterocycles. The number of pyridine rings is 1. The summed E-state index contributed by atoms with van der Waals surface area (Å²) in [4.78, 5) is 24.8. The molecule has 2 N–H and O–H groups in total. The summed E-state index contributed by atoms with van der Waals surface area (Å²) in [6, 6.07) is 7.45. The maximum Gasteiger partial charge on any atom is 0.404 e. The van der Waals surface area contributed by atoms with Crippen LogP contribution in [0, 0.1) is 0 Å². The summed E-state index contributed by atoms with van der Waals surface area (Å²) < 4.78 is 13.9. The Hall–Kier alpha value is -3.86. The van der Waals surface area contributed by atoms with Crippen molar-refractivity contribution in [2.45, 2.75) is 51.3 Å². The van der Waals surface area contributed by atoms with Gasteiger partial charge in [0.15, 0.2) is 11.4 Å². The van der Waals surface area contributed by atoms with Gasteiger partial charge in [0, 0.05) is 62.9 Å². The molecule has 194 valence electrons. The molecule has 4 aromatic rings. The molecule has 0 aromatic carbocycles. The lowest BCUT2D eigenvalue weighted by Gasteiger charge is -2.42. The molecule has 11 nitrogen and oxygen atoms in total. The van der Waals surface area contributed by atoms with Crippen LogP contribution < -0.4 is 15.0 Å². The lowest BCUT2D eigenvalue weighted by Crippen LogP contribution is -2.53. The van der Waals surface area contributed by atoms with Gasteiger partial charge in [0.2, 0.25) is 5.88 Å². The lowest BCUT2D eigenvalue weighted by atomic mass is 9.89. The molecule has 2 aliphatic rings. The number of imidazole rings is 1. The molecule has 0 spiro atoms. The van der Waals surface area contributed by atoms with Crippen molar-refractivity contribution in [1.82, 2.24) is 29.8 Å². The molecule has 0 bridgehead atoms. The molecule has 37 heavy (non-hydrogen) atoms. The third kappa shape index (κ3) is 4.55. The Morgan fingerprint density at radius 3 is 2.65 bits per heavy atom. The summed E-state index contributed by atoms with van der Waals surface area (Å²) in [6.07, 6.45) is 3.69. The summed E-state index contributed by atoms with van der Waals surface area (Å²) in [5.41, 5.74) is 2.33. The first-order valence-electron chi connectivity index (χ1n) is 12.6. The van der Waals surface area contributed by atoms with Crippen LogP contribution in [0.3, 0.4) is 0 Å². The highest BCUT2D eigenvalue weighted by Crippen LogP contribution is 2.34. The molecule has 1 saturated carbocycles. The van der Waals surface area contributed by atoms with E-state index in [2.05, 4.69) is 46.0 Å². The van der Waals surface area contributed by atoms with Crippen LogP contribution in [0.25, 0.3) is 28.1 Å². The number of anilines is 1. The van der Waals surface area contributed by atoms with Gasteiger partial charge >= 0.3 is 6.09 Å². The molecule has 1 aliphatic heterocycles. The molecular formula is C26H31N7O4. The highest BCUT2D eigenvalue weighted by atomic mass is 16.5. The van der Waals surface area contributed by atoms with E-state index < -0.39 is 6.09 Å². The summed E-state index contributed by atoms with van der Waals surface area (Å²) in [7, 11) is 0. The second-order valence-electron chi connectivity index (χ2n) is 10.7. The van der Waals surface area contributed by atoms with E-state index in [4.69, 9.17) is 19.2 Å². The van der Waals surface area contributed by atoms with Crippen LogP contribution in [0.1, 0.15) is 33.6 Å². The maximum atomic E-state index is 10.8. The van der Waals surface area contributed by atoms with E-state index in [0.717, 1.165) is 48.7 Å². The minimum atomic E-state index is -1.01. The van der Waals surface area contributed by atoms with Crippen molar-refractivity contribution in [3.8, 4) is 17.3 Å². The van der Waals surface area contributed by atoms with E-state index in [1.165, 1.54) is 0 Å². The van der Waals surface area contributed by atoms with Gasteiger partial charge in [0.1, 0.15) is 23.2 Å². The van der Waals surface area contributed by atoms with Gasteiger partial charge in [-0.15, -0.1) is 5.10 Å². The molecule has 1 amide bonds. The number of piperazine rings is 1. The number of hydrogen-bond donors (Lipinski definition) is 2. The van der Waals surface area contributed by atoms with E-state index >= 15 is 0 Å². The van der Waals surface area contributed by atoms with Gasteiger partial charge in [-0.25, -0.2) is 19.3 Å². The molecule has 5 heterocycles. The van der Waals surface area contributed by atoms with Gasteiger partial charge in [-0.1, -0.05) is 0 Å². The number of fused-ring (bicyclic) bond motifs is 2. The molecular weight excluding hydrogens is 474 g/mol. The van der Waals surface area contributed by atoms with E-state index in [-0.39, 0.29) is 17.7 Å². The number of rotatable bonds is 5. The van der Waals surface area contributed by atoms with Crippen LogP contribution in [-0.4, -0.2) is 79.5 Å². The first-order chi connectivity index (χ1) is 17.7. The fourth-order valence-corrected chi connectivity index (χ4v) is 5.13. The number of furan rings is 1. The van der Waals surface area contributed by atoms with Crippen LogP contribution in [0.2, 0.25) is 0 Å². The minimum Gasteiger partial charge on any atom is -0.473 e. The molecule has 0 radical (unpaired) electrons.